The second-order valence-electron chi connectivity index (χ2n) is 3.18. The fourth-order valence-corrected chi connectivity index (χ4v) is 1.34. The van der Waals surface area contributed by atoms with Crippen LogP contribution in [0, 0.1) is 0 Å². The molecule has 0 aromatic heterocycles. The normalized spacial score (nSPS) is 14.7. The molecule has 0 radical (unpaired) electrons. The number of benzene rings is 1. The second kappa shape index (κ2) is 4.21. The molecule has 0 aliphatic rings. The molecule has 0 saturated heterocycles. The molecule has 1 rings (SSSR count). The largest absolute Gasteiger partial charge is 0.480 e. The number of aliphatic carboxylic acids is 1. The maximum atomic E-state index is 11.0. The number of carbonyl (C=O) groups is 1. The van der Waals surface area contributed by atoms with Gasteiger partial charge in [0.05, 0.1) is 0 Å². The number of carboxylic acids is 1. The molecule has 0 bridgehead atoms. The summed E-state index contributed by atoms with van der Waals surface area (Å²) in [6, 6.07) is 8.73. The van der Waals surface area contributed by atoms with Crippen LogP contribution in [0.15, 0.2) is 30.3 Å². The van der Waals surface area contributed by atoms with Gasteiger partial charge < -0.3 is 16.6 Å². The minimum atomic E-state index is -1.37. The first-order chi connectivity index (χ1) is 6.61. The predicted octanol–water partition coefficient (Wildman–Crippen LogP) is 0.274. The van der Waals surface area contributed by atoms with Gasteiger partial charge in [-0.25, -0.2) is 4.79 Å². The highest BCUT2D eigenvalue weighted by Gasteiger charge is 2.34. The Morgan fingerprint density at radius 1 is 1.36 bits per heavy atom. The molecular weight excluding hydrogens is 180 g/mol. The summed E-state index contributed by atoms with van der Waals surface area (Å²) in [5.74, 6) is -1.05. The van der Waals surface area contributed by atoms with Crippen LogP contribution in [0.1, 0.15) is 12.0 Å². The predicted molar refractivity (Wildman–Crippen MR) is 53.6 cm³/mol. The smallest absolute Gasteiger partial charge is 0.328 e. The van der Waals surface area contributed by atoms with Gasteiger partial charge in [0.2, 0.25) is 0 Å². The lowest BCUT2D eigenvalue weighted by Crippen LogP contribution is -2.46. The molecule has 1 aromatic carbocycles. The summed E-state index contributed by atoms with van der Waals surface area (Å²) in [6.07, 6.45) is 0.229. The maximum Gasteiger partial charge on any atom is 0.328 e. The van der Waals surface area contributed by atoms with Crippen LogP contribution in [0.2, 0.25) is 0 Å². The molecule has 4 nitrogen and oxygen atoms in total. The summed E-state index contributed by atoms with van der Waals surface area (Å²) in [7, 11) is 0. The molecule has 4 heteroatoms. The third-order valence-electron chi connectivity index (χ3n) is 2.21. The van der Waals surface area contributed by atoms with Crippen molar-refractivity contribution in [2.45, 2.75) is 12.0 Å². The summed E-state index contributed by atoms with van der Waals surface area (Å²) >= 11 is 0. The number of carboxylic acid groups (broad SMARTS) is 1. The average molecular weight is 194 g/mol. The van der Waals surface area contributed by atoms with E-state index in [-0.39, 0.29) is 13.0 Å². The van der Waals surface area contributed by atoms with E-state index < -0.39 is 11.5 Å². The Balaban J connectivity index is 3.06. The summed E-state index contributed by atoms with van der Waals surface area (Å²) < 4.78 is 0. The number of hydrogen-bond donors (Lipinski definition) is 3. The van der Waals surface area contributed by atoms with Crippen molar-refractivity contribution in [3.63, 3.8) is 0 Å². The van der Waals surface area contributed by atoms with E-state index in [4.69, 9.17) is 16.6 Å². The van der Waals surface area contributed by atoms with Gasteiger partial charge in [-0.2, -0.15) is 0 Å². The molecule has 0 amide bonds. The molecular formula is C10H14N2O2. The SMILES string of the molecule is NCC[C@@](N)(C(=O)O)c1ccccc1. The van der Waals surface area contributed by atoms with Gasteiger partial charge >= 0.3 is 5.97 Å². The molecule has 76 valence electrons. The van der Waals surface area contributed by atoms with Crippen LogP contribution in [0.25, 0.3) is 0 Å². The van der Waals surface area contributed by atoms with Gasteiger partial charge in [0.1, 0.15) is 5.54 Å². The molecule has 0 aliphatic heterocycles. The Hall–Kier alpha value is -1.39. The van der Waals surface area contributed by atoms with Gasteiger partial charge in [0.25, 0.3) is 0 Å². The molecule has 1 aromatic rings. The van der Waals surface area contributed by atoms with E-state index >= 15 is 0 Å². The lowest BCUT2D eigenvalue weighted by atomic mass is 9.88. The zero-order valence-electron chi connectivity index (χ0n) is 7.81. The fraction of sp³-hybridized carbons (Fsp3) is 0.300. The summed E-state index contributed by atoms with van der Waals surface area (Å²) in [6.45, 7) is 0.248. The molecule has 0 spiro atoms. The van der Waals surface area contributed by atoms with Crippen molar-refractivity contribution < 1.29 is 9.90 Å². The fourth-order valence-electron chi connectivity index (χ4n) is 1.34. The molecule has 0 heterocycles. The van der Waals surface area contributed by atoms with E-state index in [1.54, 1.807) is 24.3 Å². The zero-order chi connectivity index (χ0) is 10.6. The van der Waals surface area contributed by atoms with Gasteiger partial charge in [-0.1, -0.05) is 30.3 Å². The molecule has 14 heavy (non-hydrogen) atoms. The standard InChI is InChI=1S/C10H14N2O2/c11-7-6-10(12,9(13)14)8-4-2-1-3-5-8/h1-5H,6-7,11-12H2,(H,13,14)/t10-/m0/s1. The Morgan fingerprint density at radius 3 is 2.36 bits per heavy atom. The highest BCUT2D eigenvalue weighted by Crippen LogP contribution is 2.21. The van der Waals surface area contributed by atoms with Gasteiger partial charge in [-0.15, -0.1) is 0 Å². The van der Waals surface area contributed by atoms with Crippen LogP contribution < -0.4 is 11.5 Å². The average Bonchev–Trinajstić information content (AvgIpc) is 2.19. The van der Waals surface area contributed by atoms with E-state index in [0.717, 1.165) is 0 Å². The van der Waals surface area contributed by atoms with Gasteiger partial charge in [0.15, 0.2) is 0 Å². The monoisotopic (exact) mass is 194 g/mol. The zero-order valence-corrected chi connectivity index (χ0v) is 7.81. The third kappa shape index (κ3) is 1.92. The van der Waals surface area contributed by atoms with Crippen LogP contribution in [0.5, 0.6) is 0 Å². The summed E-state index contributed by atoms with van der Waals surface area (Å²) in [4.78, 5) is 11.0. The minimum Gasteiger partial charge on any atom is -0.480 e. The second-order valence-corrected chi connectivity index (χ2v) is 3.18. The Morgan fingerprint density at radius 2 is 1.93 bits per heavy atom. The van der Waals surface area contributed by atoms with Crippen molar-refractivity contribution in [3.05, 3.63) is 35.9 Å². The highest BCUT2D eigenvalue weighted by atomic mass is 16.4. The number of nitrogens with two attached hydrogens (primary N) is 2. The number of rotatable bonds is 4. The Bertz CT molecular complexity index is 313. The van der Waals surface area contributed by atoms with E-state index in [1.165, 1.54) is 0 Å². The lowest BCUT2D eigenvalue weighted by molar-refractivity contribution is -0.144. The molecule has 1 atom stereocenters. The van der Waals surface area contributed by atoms with Crippen molar-refractivity contribution in [1.82, 2.24) is 0 Å². The van der Waals surface area contributed by atoms with Crippen molar-refractivity contribution in [1.29, 1.82) is 0 Å². The first kappa shape index (κ1) is 10.7. The summed E-state index contributed by atoms with van der Waals surface area (Å²) in [5, 5.41) is 9.04. The first-order valence-corrected chi connectivity index (χ1v) is 4.39. The van der Waals surface area contributed by atoms with Gasteiger partial charge in [-0.3, -0.25) is 0 Å². The first-order valence-electron chi connectivity index (χ1n) is 4.39. The molecule has 0 unspecified atom stereocenters. The van der Waals surface area contributed by atoms with Crippen LogP contribution in [0.3, 0.4) is 0 Å². The van der Waals surface area contributed by atoms with E-state index in [2.05, 4.69) is 0 Å². The topological polar surface area (TPSA) is 89.3 Å². The van der Waals surface area contributed by atoms with E-state index in [0.29, 0.717) is 5.56 Å². The quantitative estimate of drug-likeness (QED) is 0.642. The van der Waals surface area contributed by atoms with Crippen LogP contribution in [-0.2, 0) is 10.3 Å². The number of hydrogen-bond acceptors (Lipinski definition) is 3. The molecule has 0 fully saturated rings. The van der Waals surface area contributed by atoms with Gasteiger partial charge in [0, 0.05) is 0 Å². The van der Waals surface area contributed by atoms with Crippen LogP contribution in [-0.4, -0.2) is 17.6 Å². The van der Waals surface area contributed by atoms with Crippen LogP contribution >= 0.6 is 0 Å². The lowest BCUT2D eigenvalue weighted by Gasteiger charge is -2.24. The van der Waals surface area contributed by atoms with Crippen LogP contribution in [0.4, 0.5) is 0 Å². The van der Waals surface area contributed by atoms with Crippen molar-refractivity contribution >= 4 is 5.97 Å². The molecule has 0 aliphatic carbocycles. The third-order valence-corrected chi connectivity index (χ3v) is 2.21. The van der Waals surface area contributed by atoms with E-state index in [1.807, 2.05) is 6.07 Å². The van der Waals surface area contributed by atoms with E-state index in [9.17, 15) is 4.79 Å². The van der Waals surface area contributed by atoms with Crippen molar-refractivity contribution in [3.8, 4) is 0 Å². The Kier molecular flexibility index (Phi) is 3.22. The van der Waals surface area contributed by atoms with Crippen molar-refractivity contribution in [2.24, 2.45) is 11.5 Å². The molecule has 5 N–H and O–H groups in total. The minimum absolute atomic E-state index is 0.229. The molecule has 0 saturated carbocycles. The van der Waals surface area contributed by atoms with Crippen molar-refractivity contribution in [2.75, 3.05) is 6.54 Å². The Labute approximate surface area is 82.5 Å². The summed E-state index contributed by atoms with van der Waals surface area (Å²) in [5.41, 5.74) is 10.4. The maximum absolute atomic E-state index is 11.0. The van der Waals surface area contributed by atoms with Gasteiger partial charge in [-0.05, 0) is 18.5 Å². The highest BCUT2D eigenvalue weighted by molar-refractivity contribution is 5.80.